The van der Waals surface area contributed by atoms with E-state index in [-0.39, 0.29) is 5.91 Å². The number of rotatable bonds is 3. The molecule has 2 N–H and O–H groups in total. The van der Waals surface area contributed by atoms with Crippen LogP contribution in [0.2, 0.25) is 0 Å². The van der Waals surface area contributed by atoms with Crippen molar-refractivity contribution in [3.05, 3.63) is 66.5 Å². The normalized spacial score (nSPS) is 10.9. The highest BCUT2D eigenvalue weighted by Gasteiger charge is 2.10. The maximum atomic E-state index is 12.5. The number of benzene rings is 2. The lowest BCUT2D eigenvalue weighted by Crippen LogP contribution is -2.12. The van der Waals surface area contributed by atoms with Crippen molar-refractivity contribution in [1.29, 1.82) is 0 Å². The Kier molecular flexibility index (Phi) is 3.39. The van der Waals surface area contributed by atoms with Crippen LogP contribution in [0.25, 0.3) is 21.8 Å². The van der Waals surface area contributed by atoms with E-state index in [0.717, 1.165) is 33.2 Å². The van der Waals surface area contributed by atoms with Crippen LogP contribution in [0.3, 0.4) is 0 Å². The molecule has 0 aliphatic rings. The van der Waals surface area contributed by atoms with Gasteiger partial charge in [0.2, 0.25) is 0 Å². The lowest BCUT2D eigenvalue weighted by atomic mass is 10.2. The number of nitrogens with zero attached hydrogens (tertiary/aromatic N) is 1. The highest BCUT2D eigenvalue weighted by atomic mass is 16.5. The number of aromatic nitrogens is 2. The number of carbonyl (C=O) groups is 1. The first-order valence-corrected chi connectivity index (χ1v) is 7.56. The van der Waals surface area contributed by atoms with Gasteiger partial charge in [-0.25, -0.2) is 0 Å². The van der Waals surface area contributed by atoms with Gasteiger partial charge in [-0.15, -0.1) is 0 Å². The van der Waals surface area contributed by atoms with Crippen LogP contribution in [0.5, 0.6) is 5.75 Å². The second kappa shape index (κ2) is 5.70. The molecular weight excluding hydrogens is 302 g/mol. The number of ether oxygens (including phenoxy) is 1. The van der Waals surface area contributed by atoms with E-state index < -0.39 is 0 Å². The number of fused-ring (bicyclic) bond motifs is 2. The molecule has 0 saturated heterocycles. The molecule has 2 aromatic carbocycles. The predicted octanol–water partition coefficient (Wildman–Crippen LogP) is 3.98. The number of aromatic amines is 1. The van der Waals surface area contributed by atoms with E-state index >= 15 is 0 Å². The van der Waals surface area contributed by atoms with E-state index in [0.29, 0.717) is 5.69 Å². The van der Waals surface area contributed by atoms with Crippen LogP contribution < -0.4 is 10.1 Å². The van der Waals surface area contributed by atoms with Crippen molar-refractivity contribution in [2.75, 3.05) is 12.4 Å². The summed E-state index contributed by atoms with van der Waals surface area (Å²) >= 11 is 0. The van der Waals surface area contributed by atoms with Crippen molar-refractivity contribution in [2.45, 2.75) is 0 Å². The highest BCUT2D eigenvalue weighted by molar-refractivity contribution is 6.06. The zero-order valence-electron chi connectivity index (χ0n) is 13.0. The zero-order chi connectivity index (χ0) is 16.5. The van der Waals surface area contributed by atoms with Gasteiger partial charge in [0, 0.05) is 34.2 Å². The minimum Gasteiger partial charge on any atom is -0.497 e. The summed E-state index contributed by atoms with van der Waals surface area (Å²) in [6.45, 7) is 0. The minimum atomic E-state index is -0.187. The van der Waals surface area contributed by atoms with Gasteiger partial charge in [0.05, 0.1) is 12.6 Å². The largest absolute Gasteiger partial charge is 0.497 e. The molecule has 4 aromatic rings. The molecule has 5 heteroatoms. The van der Waals surface area contributed by atoms with Gasteiger partial charge in [0.1, 0.15) is 11.4 Å². The first-order chi connectivity index (χ1) is 11.7. The summed E-state index contributed by atoms with van der Waals surface area (Å²) in [5.41, 5.74) is 3.00. The van der Waals surface area contributed by atoms with Gasteiger partial charge in [-0.3, -0.25) is 9.78 Å². The summed E-state index contributed by atoms with van der Waals surface area (Å²) in [6, 6.07) is 17.0. The third-order valence-electron chi connectivity index (χ3n) is 3.94. The molecule has 1 amide bonds. The Morgan fingerprint density at radius 2 is 2.00 bits per heavy atom. The van der Waals surface area contributed by atoms with Gasteiger partial charge in [0.25, 0.3) is 5.91 Å². The third kappa shape index (κ3) is 2.56. The van der Waals surface area contributed by atoms with Gasteiger partial charge in [-0.2, -0.15) is 0 Å². The Hall–Kier alpha value is -3.34. The summed E-state index contributed by atoms with van der Waals surface area (Å²) in [5.74, 6) is 0.562. The Balaban J connectivity index is 1.62. The number of carbonyl (C=O) groups excluding carboxylic acids is 1. The number of pyridine rings is 1. The fourth-order valence-electron chi connectivity index (χ4n) is 2.71. The first-order valence-electron chi connectivity index (χ1n) is 7.56. The summed E-state index contributed by atoms with van der Waals surface area (Å²) in [5, 5.41) is 4.86. The fraction of sp³-hybridized carbons (Fsp3) is 0.0526. The second-order valence-corrected chi connectivity index (χ2v) is 5.50. The molecule has 2 aromatic heterocycles. The average Bonchev–Trinajstić information content (AvgIpc) is 3.05. The molecule has 0 fully saturated rings. The molecule has 0 spiro atoms. The molecule has 0 bridgehead atoms. The van der Waals surface area contributed by atoms with Crippen molar-refractivity contribution in [3.63, 3.8) is 0 Å². The van der Waals surface area contributed by atoms with E-state index in [1.54, 1.807) is 13.3 Å². The van der Waals surface area contributed by atoms with Gasteiger partial charge < -0.3 is 15.0 Å². The molecule has 0 aliphatic heterocycles. The van der Waals surface area contributed by atoms with Crippen molar-refractivity contribution in [2.24, 2.45) is 0 Å². The van der Waals surface area contributed by atoms with Crippen LogP contribution in [0.1, 0.15) is 10.5 Å². The Labute approximate surface area is 138 Å². The monoisotopic (exact) mass is 317 g/mol. The predicted molar refractivity (Wildman–Crippen MR) is 94.5 cm³/mol. The third-order valence-corrected chi connectivity index (χ3v) is 3.94. The van der Waals surface area contributed by atoms with Crippen LogP contribution in [-0.4, -0.2) is 23.0 Å². The summed E-state index contributed by atoms with van der Waals surface area (Å²) in [6.07, 6.45) is 1.75. The number of H-pyrrole nitrogens is 1. The Bertz CT molecular complexity index is 1050. The quantitative estimate of drug-likeness (QED) is 0.600. The van der Waals surface area contributed by atoms with Gasteiger partial charge in [-0.1, -0.05) is 6.07 Å². The molecule has 118 valence electrons. The fourth-order valence-corrected chi connectivity index (χ4v) is 2.71. The SMILES string of the molecule is COc1ccc2cc(C(=O)Nc3ccc4ncccc4c3)[nH]c2c1. The van der Waals surface area contributed by atoms with Crippen LogP contribution in [0, 0.1) is 0 Å². The number of nitrogens with one attached hydrogen (secondary N) is 2. The van der Waals surface area contributed by atoms with Crippen molar-refractivity contribution < 1.29 is 9.53 Å². The number of hydrogen-bond donors (Lipinski definition) is 2. The second-order valence-electron chi connectivity index (χ2n) is 5.50. The Morgan fingerprint density at radius 1 is 1.08 bits per heavy atom. The number of amides is 1. The van der Waals surface area contributed by atoms with Crippen LogP contribution in [0.15, 0.2) is 60.8 Å². The van der Waals surface area contributed by atoms with Crippen LogP contribution >= 0.6 is 0 Å². The zero-order valence-corrected chi connectivity index (χ0v) is 13.0. The van der Waals surface area contributed by atoms with E-state index in [1.165, 1.54) is 0 Å². The summed E-state index contributed by atoms with van der Waals surface area (Å²) < 4.78 is 5.20. The van der Waals surface area contributed by atoms with Crippen LogP contribution in [-0.2, 0) is 0 Å². The molecule has 0 radical (unpaired) electrons. The van der Waals surface area contributed by atoms with Crippen LogP contribution in [0.4, 0.5) is 5.69 Å². The molecule has 0 saturated carbocycles. The average molecular weight is 317 g/mol. The van der Waals surface area contributed by atoms with Gasteiger partial charge >= 0.3 is 0 Å². The standard InChI is InChI=1S/C19H15N3O2/c1-24-15-6-4-13-10-18(22-17(13)11-15)19(23)21-14-5-7-16-12(9-14)3-2-8-20-16/h2-11,22H,1H3,(H,21,23). The Morgan fingerprint density at radius 3 is 2.88 bits per heavy atom. The number of anilines is 1. The molecule has 5 nitrogen and oxygen atoms in total. The highest BCUT2D eigenvalue weighted by Crippen LogP contribution is 2.22. The lowest BCUT2D eigenvalue weighted by Gasteiger charge is -2.05. The van der Waals surface area contributed by atoms with E-state index in [4.69, 9.17) is 4.74 Å². The van der Waals surface area contributed by atoms with E-state index in [1.807, 2.05) is 54.6 Å². The summed E-state index contributed by atoms with van der Waals surface area (Å²) in [4.78, 5) is 19.9. The topological polar surface area (TPSA) is 67.0 Å². The van der Waals surface area contributed by atoms with Crippen molar-refractivity contribution in [1.82, 2.24) is 9.97 Å². The number of hydrogen-bond acceptors (Lipinski definition) is 3. The van der Waals surface area contributed by atoms with Gasteiger partial charge in [0.15, 0.2) is 0 Å². The molecule has 4 rings (SSSR count). The molecular formula is C19H15N3O2. The molecule has 0 aliphatic carbocycles. The smallest absolute Gasteiger partial charge is 0.272 e. The van der Waals surface area contributed by atoms with Crippen molar-refractivity contribution in [3.8, 4) is 5.75 Å². The molecule has 0 atom stereocenters. The van der Waals surface area contributed by atoms with Crippen molar-refractivity contribution >= 4 is 33.4 Å². The van der Waals surface area contributed by atoms with E-state index in [9.17, 15) is 4.79 Å². The molecule has 2 heterocycles. The number of methoxy groups -OCH3 is 1. The summed E-state index contributed by atoms with van der Waals surface area (Å²) in [7, 11) is 1.62. The van der Waals surface area contributed by atoms with E-state index in [2.05, 4.69) is 15.3 Å². The minimum absolute atomic E-state index is 0.187. The first kappa shape index (κ1) is 14.3. The maximum Gasteiger partial charge on any atom is 0.272 e. The molecule has 24 heavy (non-hydrogen) atoms. The maximum absolute atomic E-state index is 12.5. The van der Waals surface area contributed by atoms with Gasteiger partial charge in [-0.05, 0) is 42.5 Å². The molecule has 0 unspecified atom stereocenters. The lowest BCUT2D eigenvalue weighted by molar-refractivity contribution is 0.102.